The predicted octanol–water partition coefficient (Wildman–Crippen LogP) is 3.99. The average molecular weight is 361 g/mol. The Bertz CT molecular complexity index is 586. The number of piperidine rings is 1. The monoisotopic (exact) mass is 360 g/mol. The quantitative estimate of drug-likeness (QED) is 0.793. The van der Waals surface area contributed by atoms with Crippen LogP contribution in [-0.4, -0.2) is 53.9 Å². The minimum atomic E-state index is 0.325. The maximum atomic E-state index is 12.2. The number of hydrogen-bond donors (Lipinski definition) is 0. The maximum Gasteiger partial charge on any atom is 0.232 e. The lowest BCUT2D eigenvalue weighted by Crippen LogP contribution is -2.45. The number of hydrogen-bond acceptors (Lipinski definition) is 3. The summed E-state index contributed by atoms with van der Waals surface area (Å²) in [5.74, 6) is 1.54. The summed E-state index contributed by atoms with van der Waals surface area (Å²) >= 11 is 1.64. The zero-order chi connectivity index (χ0) is 17.9. The molecule has 2 aliphatic heterocycles. The number of carbonyl (C=O) groups is 1. The van der Waals surface area contributed by atoms with E-state index < -0.39 is 0 Å². The molecule has 2 heterocycles. The highest BCUT2D eigenvalue weighted by atomic mass is 32.2. The number of amides is 1. The highest BCUT2D eigenvalue weighted by Gasteiger charge is 2.42. The standard InChI is InChI=1S/C21H32N2OS/c1-17(2)19-7-5-18(6-8-19)13-22-11-4-9-21(15-22)10-12-23(16-21)20(24)14-25-3/h5-8,17H,4,9-16H2,1-3H3. The number of carbonyl (C=O) groups excluding carboxylic acids is 1. The topological polar surface area (TPSA) is 23.6 Å². The van der Waals surface area contributed by atoms with E-state index in [0.29, 0.717) is 23.0 Å². The van der Waals surface area contributed by atoms with Crippen LogP contribution in [0.25, 0.3) is 0 Å². The molecule has 1 aromatic rings. The Balaban J connectivity index is 1.59. The average Bonchev–Trinajstić information content (AvgIpc) is 2.99. The molecule has 1 spiro atoms. The van der Waals surface area contributed by atoms with Crippen LogP contribution in [0.15, 0.2) is 24.3 Å². The highest BCUT2D eigenvalue weighted by Crippen LogP contribution is 2.39. The fraction of sp³-hybridized carbons (Fsp3) is 0.667. The molecule has 0 saturated carbocycles. The van der Waals surface area contributed by atoms with Gasteiger partial charge in [-0.15, -0.1) is 0 Å². The summed E-state index contributed by atoms with van der Waals surface area (Å²) in [6.45, 7) is 9.78. The van der Waals surface area contributed by atoms with Crippen molar-refractivity contribution < 1.29 is 4.79 Å². The van der Waals surface area contributed by atoms with Gasteiger partial charge in [-0.25, -0.2) is 0 Å². The second kappa shape index (κ2) is 8.13. The minimum Gasteiger partial charge on any atom is -0.341 e. The van der Waals surface area contributed by atoms with Gasteiger partial charge in [0.2, 0.25) is 5.91 Å². The minimum absolute atomic E-state index is 0.325. The van der Waals surface area contributed by atoms with E-state index in [0.717, 1.165) is 26.2 Å². The number of likely N-dealkylation sites (tertiary alicyclic amines) is 2. The Kier molecular flexibility index (Phi) is 6.11. The third-order valence-electron chi connectivity index (χ3n) is 5.85. The van der Waals surface area contributed by atoms with Gasteiger partial charge in [-0.3, -0.25) is 9.69 Å². The summed E-state index contributed by atoms with van der Waals surface area (Å²) in [6.07, 6.45) is 5.72. The predicted molar refractivity (Wildman–Crippen MR) is 107 cm³/mol. The van der Waals surface area contributed by atoms with Crippen molar-refractivity contribution in [1.82, 2.24) is 9.80 Å². The summed E-state index contributed by atoms with van der Waals surface area (Å²) in [7, 11) is 0. The number of benzene rings is 1. The normalized spacial score (nSPS) is 24.4. The Morgan fingerprint density at radius 3 is 2.60 bits per heavy atom. The number of rotatable bonds is 5. The molecule has 1 unspecified atom stereocenters. The van der Waals surface area contributed by atoms with Gasteiger partial charge in [0.05, 0.1) is 5.75 Å². The molecule has 0 N–H and O–H groups in total. The van der Waals surface area contributed by atoms with E-state index in [4.69, 9.17) is 0 Å². The summed E-state index contributed by atoms with van der Waals surface area (Å²) in [4.78, 5) is 16.9. The molecule has 1 atom stereocenters. The van der Waals surface area contributed by atoms with E-state index in [2.05, 4.69) is 47.9 Å². The highest BCUT2D eigenvalue weighted by molar-refractivity contribution is 7.99. The first-order chi connectivity index (χ1) is 12.0. The first kappa shape index (κ1) is 18.8. The van der Waals surface area contributed by atoms with E-state index in [9.17, 15) is 4.79 Å². The van der Waals surface area contributed by atoms with Crippen molar-refractivity contribution in [3.05, 3.63) is 35.4 Å². The van der Waals surface area contributed by atoms with Crippen LogP contribution in [0.2, 0.25) is 0 Å². The van der Waals surface area contributed by atoms with Gasteiger partial charge in [0, 0.05) is 31.6 Å². The molecular weight excluding hydrogens is 328 g/mol. The van der Waals surface area contributed by atoms with Gasteiger partial charge in [0.25, 0.3) is 0 Å². The van der Waals surface area contributed by atoms with Crippen molar-refractivity contribution in [3.63, 3.8) is 0 Å². The van der Waals surface area contributed by atoms with Gasteiger partial charge in [0.1, 0.15) is 0 Å². The van der Waals surface area contributed by atoms with Gasteiger partial charge in [-0.05, 0) is 49.1 Å². The van der Waals surface area contributed by atoms with E-state index in [-0.39, 0.29) is 0 Å². The molecule has 4 heteroatoms. The molecule has 3 nitrogen and oxygen atoms in total. The zero-order valence-corrected chi connectivity index (χ0v) is 16.8. The van der Waals surface area contributed by atoms with E-state index in [1.807, 2.05) is 6.26 Å². The van der Waals surface area contributed by atoms with Crippen LogP contribution < -0.4 is 0 Å². The van der Waals surface area contributed by atoms with Gasteiger partial charge in [0.15, 0.2) is 0 Å². The fourth-order valence-corrected chi connectivity index (χ4v) is 4.84. The summed E-state index contributed by atoms with van der Waals surface area (Å²) in [5, 5.41) is 0. The molecule has 0 aliphatic carbocycles. The van der Waals surface area contributed by atoms with Crippen LogP contribution >= 0.6 is 11.8 Å². The first-order valence-electron chi connectivity index (χ1n) is 9.59. The van der Waals surface area contributed by atoms with E-state index >= 15 is 0 Å². The lowest BCUT2D eigenvalue weighted by atomic mass is 9.79. The largest absolute Gasteiger partial charge is 0.341 e. The van der Waals surface area contributed by atoms with Crippen molar-refractivity contribution in [2.75, 3.05) is 38.2 Å². The van der Waals surface area contributed by atoms with Crippen molar-refractivity contribution in [3.8, 4) is 0 Å². The summed E-state index contributed by atoms with van der Waals surface area (Å²) < 4.78 is 0. The van der Waals surface area contributed by atoms with Crippen LogP contribution in [0.4, 0.5) is 0 Å². The summed E-state index contributed by atoms with van der Waals surface area (Å²) in [5.41, 5.74) is 3.16. The number of thioether (sulfide) groups is 1. The third-order valence-corrected chi connectivity index (χ3v) is 6.39. The van der Waals surface area contributed by atoms with E-state index in [1.165, 1.54) is 36.9 Å². The molecule has 2 aliphatic rings. The SMILES string of the molecule is CSCC(=O)N1CCC2(CCCN(Cc3ccc(C(C)C)cc3)C2)C1. The second-order valence-corrected chi connectivity index (χ2v) is 9.07. The van der Waals surface area contributed by atoms with Crippen LogP contribution in [-0.2, 0) is 11.3 Å². The molecule has 0 radical (unpaired) electrons. The third kappa shape index (κ3) is 4.59. The van der Waals surface area contributed by atoms with Gasteiger partial charge >= 0.3 is 0 Å². The Labute approximate surface area is 157 Å². The fourth-order valence-electron chi connectivity index (χ4n) is 4.41. The molecular formula is C21H32N2OS. The lowest BCUT2D eigenvalue weighted by molar-refractivity contribution is -0.127. The second-order valence-electron chi connectivity index (χ2n) is 8.21. The lowest BCUT2D eigenvalue weighted by Gasteiger charge is -2.40. The molecule has 1 amide bonds. The number of nitrogens with zero attached hydrogens (tertiary/aromatic N) is 2. The first-order valence-corrected chi connectivity index (χ1v) is 11.0. The van der Waals surface area contributed by atoms with Crippen LogP contribution in [0, 0.1) is 5.41 Å². The summed E-state index contributed by atoms with van der Waals surface area (Å²) in [6, 6.07) is 9.13. The molecule has 0 aromatic heterocycles. The van der Waals surface area contributed by atoms with Crippen molar-refractivity contribution in [2.45, 2.75) is 45.6 Å². The molecule has 1 aromatic carbocycles. The molecule has 2 fully saturated rings. The molecule has 2 saturated heterocycles. The van der Waals surface area contributed by atoms with Gasteiger partial charge in [-0.1, -0.05) is 38.1 Å². The smallest absolute Gasteiger partial charge is 0.232 e. The van der Waals surface area contributed by atoms with Crippen LogP contribution in [0.5, 0.6) is 0 Å². The maximum absolute atomic E-state index is 12.2. The van der Waals surface area contributed by atoms with Gasteiger partial charge in [-0.2, -0.15) is 11.8 Å². The van der Waals surface area contributed by atoms with Crippen LogP contribution in [0.1, 0.15) is 50.2 Å². The van der Waals surface area contributed by atoms with E-state index in [1.54, 1.807) is 11.8 Å². The molecule has 3 rings (SSSR count). The Morgan fingerprint density at radius 1 is 1.16 bits per heavy atom. The van der Waals surface area contributed by atoms with Crippen molar-refractivity contribution in [2.24, 2.45) is 5.41 Å². The Morgan fingerprint density at radius 2 is 1.92 bits per heavy atom. The van der Waals surface area contributed by atoms with Crippen molar-refractivity contribution >= 4 is 17.7 Å². The van der Waals surface area contributed by atoms with Crippen molar-refractivity contribution in [1.29, 1.82) is 0 Å². The van der Waals surface area contributed by atoms with Crippen LogP contribution in [0.3, 0.4) is 0 Å². The molecule has 25 heavy (non-hydrogen) atoms. The molecule has 138 valence electrons. The zero-order valence-electron chi connectivity index (χ0n) is 16.0. The molecule has 0 bridgehead atoms. The Hall–Kier alpha value is -1.00. The van der Waals surface area contributed by atoms with Gasteiger partial charge < -0.3 is 4.90 Å².